The number of amides is 1. The minimum atomic E-state index is -1.41. The highest BCUT2D eigenvalue weighted by molar-refractivity contribution is 9.11. The molecule has 1 atom stereocenters. The van der Waals surface area contributed by atoms with Crippen LogP contribution >= 0.6 is 43.5 Å². The van der Waals surface area contributed by atoms with Crippen LogP contribution in [0.1, 0.15) is 28.4 Å². The Morgan fingerprint density at radius 1 is 1.19 bits per heavy atom. The molecular formula is C22H13Br2ClN2O4. The first-order valence-corrected chi connectivity index (χ1v) is 10.9. The number of carbonyl (C=O) groups excluding carboxylic acids is 1. The zero-order chi connectivity index (χ0) is 22.1. The van der Waals surface area contributed by atoms with Gasteiger partial charge in [0.15, 0.2) is 6.10 Å². The Morgan fingerprint density at radius 2 is 1.94 bits per heavy atom. The Morgan fingerprint density at radius 3 is 2.58 bits per heavy atom. The SMILES string of the molecule is O=C(O)OC(c1cccnc1)c1c(Br)cc(C=C2C(=O)Nc3ccc(Cl)cc32)cc1Br. The van der Waals surface area contributed by atoms with E-state index in [1.807, 2.05) is 0 Å². The van der Waals surface area contributed by atoms with Crippen LogP contribution in [0.5, 0.6) is 0 Å². The summed E-state index contributed by atoms with van der Waals surface area (Å²) in [4.78, 5) is 27.8. The molecule has 0 fully saturated rings. The van der Waals surface area contributed by atoms with Crippen LogP contribution in [0, 0.1) is 0 Å². The van der Waals surface area contributed by atoms with Gasteiger partial charge in [-0.1, -0.05) is 49.5 Å². The summed E-state index contributed by atoms with van der Waals surface area (Å²) < 4.78 is 6.37. The minimum Gasteiger partial charge on any atom is -0.450 e. The van der Waals surface area contributed by atoms with Crippen molar-refractivity contribution in [3.63, 3.8) is 0 Å². The number of anilines is 1. The highest BCUT2D eigenvalue weighted by atomic mass is 79.9. The van der Waals surface area contributed by atoms with E-state index in [4.69, 9.17) is 16.3 Å². The Labute approximate surface area is 199 Å². The number of nitrogens with one attached hydrogen (secondary N) is 1. The molecule has 2 N–H and O–H groups in total. The summed E-state index contributed by atoms with van der Waals surface area (Å²) in [7, 11) is 0. The van der Waals surface area contributed by atoms with Crippen LogP contribution in [0.3, 0.4) is 0 Å². The molecule has 0 saturated carbocycles. The van der Waals surface area contributed by atoms with Gasteiger partial charge >= 0.3 is 6.16 Å². The van der Waals surface area contributed by atoms with Crippen LogP contribution < -0.4 is 5.32 Å². The van der Waals surface area contributed by atoms with E-state index in [-0.39, 0.29) is 5.91 Å². The van der Waals surface area contributed by atoms with Gasteiger partial charge in [-0.15, -0.1) is 0 Å². The number of pyridine rings is 1. The zero-order valence-corrected chi connectivity index (χ0v) is 19.5. The third-order valence-corrected chi connectivity index (χ3v) is 6.19. The molecule has 1 aliphatic rings. The molecule has 2 heterocycles. The number of carbonyl (C=O) groups is 2. The number of fused-ring (bicyclic) bond motifs is 1. The zero-order valence-electron chi connectivity index (χ0n) is 15.6. The van der Waals surface area contributed by atoms with E-state index in [1.165, 1.54) is 0 Å². The lowest BCUT2D eigenvalue weighted by Gasteiger charge is -2.20. The summed E-state index contributed by atoms with van der Waals surface area (Å²) in [6.45, 7) is 0. The molecule has 9 heteroatoms. The molecule has 0 bridgehead atoms. The molecule has 0 aliphatic carbocycles. The van der Waals surface area contributed by atoms with Crippen molar-refractivity contribution in [2.45, 2.75) is 6.10 Å². The molecule has 31 heavy (non-hydrogen) atoms. The van der Waals surface area contributed by atoms with Gasteiger partial charge in [0.05, 0.1) is 0 Å². The number of hydrogen-bond acceptors (Lipinski definition) is 4. The number of carboxylic acid groups (broad SMARTS) is 1. The monoisotopic (exact) mass is 562 g/mol. The summed E-state index contributed by atoms with van der Waals surface area (Å²) in [6.07, 6.45) is 2.58. The molecule has 3 aromatic rings. The Balaban J connectivity index is 1.78. The number of benzene rings is 2. The third-order valence-electron chi connectivity index (χ3n) is 4.65. The summed E-state index contributed by atoms with van der Waals surface area (Å²) in [5, 5.41) is 12.6. The maximum Gasteiger partial charge on any atom is 0.506 e. The van der Waals surface area contributed by atoms with Crippen molar-refractivity contribution in [3.8, 4) is 0 Å². The first kappa shape index (κ1) is 21.5. The summed E-state index contributed by atoms with van der Waals surface area (Å²) >= 11 is 13.1. The second-order valence-corrected chi connectivity index (χ2v) is 8.80. The van der Waals surface area contributed by atoms with Crippen molar-refractivity contribution in [1.29, 1.82) is 0 Å². The average molecular weight is 565 g/mol. The summed E-state index contributed by atoms with van der Waals surface area (Å²) in [5.41, 5.74) is 3.78. The van der Waals surface area contributed by atoms with Gasteiger partial charge in [0.25, 0.3) is 5.91 Å². The fraction of sp³-hybridized carbons (Fsp3) is 0.0455. The van der Waals surface area contributed by atoms with Gasteiger partial charge in [0.2, 0.25) is 0 Å². The molecule has 1 aromatic heterocycles. The molecule has 1 amide bonds. The van der Waals surface area contributed by atoms with Crippen LogP contribution in [-0.2, 0) is 9.53 Å². The van der Waals surface area contributed by atoms with Crippen molar-refractivity contribution in [3.05, 3.63) is 91.1 Å². The molecule has 0 saturated heterocycles. The number of rotatable bonds is 4. The summed E-state index contributed by atoms with van der Waals surface area (Å²) in [6, 6.07) is 12.2. The van der Waals surface area contributed by atoms with Crippen molar-refractivity contribution >= 4 is 72.9 Å². The van der Waals surface area contributed by atoms with Crippen molar-refractivity contribution in [2.24, 2.45) is 0 Å². The third kappa shape index (κ3) is 4.51. The highest BCUT2D eigenvalue weighted by Crippen LogP contribution is 2.40. The maximum absolute atomic E-state index is 12.5. The van der Waals surface area contributed by atoms with E-state index >= 15 is 0 Å². The van der Waals surface area contributed by atoms with E-state index in [0.717, 1.165) is 11.1 Å². The largest absolute Gasteiger partial charge is 0.506 e. The van der Waals surface area contributed by atoms with Crippen molar-refractivity contribution in [1.82, 2.24) is 4.98 Å². The summed E-state index contributed by atoms with van der Waals surface area (Å²) in [5.74, 6) is -0.226. The normalized spacial score (nSPS) is 14.8. The molecule has 0 spiro atoms. The second-order valence-electron chi connectivity index (χ2n) is 6.65. The molecular weight excluding hydrogens is 552 g/mol. The molecule has 1 aliphatic heterocycles. The minimum absolute atomic E-state index is 0.226. The number of aromatic nitrogens is 1. The molecule has 2 aromatic carbocycles. The van der Waals surface area contributed by atoms with Gasteiger partial charge in [-0.25, -0.2) is 4.79 Å². The van der Waals surface area contributed by atoms with E-state index in [2.05, 4.69) is 42.2 Å². The first-order chi connectivity index (χ1) is 14.8. The Hall–Kier alpha value is -2.68. The van der Waals surface area contributed by atoms with Gasteiger partial charge in [-0.05, 0) is 48.0 Å². The van der Waals surface area contributed by atoms with E-state index in [1.54, 1.807) is 60.9 Å². The predicted octanol–water partition coefficient (Wildman–Crippen LogP) is 6.54. The van der Waals surface area contributed by atoms with Crippen molar-refractivity contribution in [2.75, 3.05) is 5.32 Å². The van der Waals surface area contributed by atoms with Crippen LogP contribution in [0.4, 0.5) is 10.5 Å². The topological polar surface area (TPSA) is 88.5 Å². The van der Waals surface area contributed by atoms with Crippen LogP contribution in [0.2, 0.25) is 5.02 Å². The Kier molecular flexibility index (Phi) is 6.13. The molecule has 156 valence electrons. The standard InChI is InChI=1S/C22H13Br2ClN2O4/c23-16-7-11(6-15-14-9-13(25)3-4-18(14)27-21(15)28)8-17(24)19(16)20(31-22(29)30)12-2-1-5-26-10-12/h1-10,20H,(H,27,28)(H,29,30). The molecule has 4 rings (SSSR count). The predicted molar refractivity (Wildman–Crippen MR) is 125 cm³/mol. The van der Waals surface area contributed by atoms with E-state index in [9.17, 15) is 14.7 Å². The fourth-order valence-corrected chi connectivity index (χ4v) is 5.14. The van der Waals surface area contributed by atoms with Gasteiger partial charge in [-0.3, -0.25) is 9.78 Å². The van der Waals surface area contributed by atoms with E-state index in [0.29, 0.717) is 36.4 Å². The number of ether oxygens (including phenoxy) is 1. The highest BCUT2D eigenvalue weighted by Gasteiger charge is 2.26. The molecule has 6 nitrogen and oxygen atoms in total. The quantitative estimate of drug-likeness (QED) is 0.278. The molecule has 1 unspecified atom stereocenters. The van der Waals surface area contributed by atoms with Crippen LogP contribution in [0.15, 0.2) is 63.8 Å². The average Bonchev–Trinajstić information content (AvgIpc) is 3.02. The van der Waals surface area contributed by atoms with Crippen LogP contribution in [-0.4, -0.2) is 22.2 Å². The van der Waals surface area contributed by atoms with Crippen LogP contribution in [0.25, 0.3) is 11.6 Å². The van der Waals surface area contributed by atoms with Gasteiger partial charge in [-0.2, -0.15) is 0 Å². The smallest absolute Gasteiger partial charge is 0.450 e. The van der Waals surface area contributed by atoms with Gasteiger partial charge in [0.1, 0.15) is 0 Å². The lowest BCUT2D eigenvalue weighted by molar-refractivity contribution is -0.110. The lowest BCUT2D eigenvalue weighted by atomic mass is 9.99. The number of hydrogen-bond donors (Lipinski definition) is 2. The first-order valence-electron chi connectivity index (χ1n) is 8.95. The number of nitrogens with zero attached hydrogens (tertiary/aromatic N) is 1. The van der Waals surface area contributed by atoms with Gasteiger partial charge in [0, 0.05) is 54.3 Å². The van der Waals surface area contributed by atoms with E-state index < -0.39 is 12.3 Å². The lowest BCUT2D eigenvalue weighted by Crippen LogP contribution is -2.12. The Bertz CT molecular complexity index is 1210. The fourth-order valence-electron chi connectivity index (χ4n) is 3.33. The number of halogens is 3. The second kappa shape index (κ2) is 8.82. The molecule has 0 radical (unpaired) electrons. The maximum atomic E-state index is 12.5. The van der Waals surface area contributed by atoms with Crippen molar-refractivity contribution < 1.29 is 19.4 Å². The van der Waals surface area contributed by atoms with Gasteiger partial charge < -0.3 is 15.2 Å².